The van der Waals surface area contributed by atoms with E-state index in [2.05, 4.69) is 14.9 Å². The average molecular weight is 425 g/mol. The molecule has 1 aromatic heterocycles. The summed E-state index contributed by atoms with van der Waals surface area (Å²) in [6.45, 7) is 2.28. The van der Waals surface area contributed by atoms with E-state index in [1.807, 2.05) is 0 Å². The molecule has 1 aliphatic heterocycles. The Morgan fingerprint density at radius 2 is 1.71 bits per heavy atom. The van der Waals surface area contributed by atoms with Gasteiger partial charge >= 0.3 is 5.69 Å². The Morgan fingerprint density at radius 3 is 2.43 bits per heavy atom. The SMILES string of the molecule is O=c1[nH]c2ccc(S(=O)(=O)N3CCN(Cc4ccc(F)cc4Cl)CC3)cc2[nH]1. The van der Waals surface area contributed by atoms with Crippen molar-refractivity contribution in [2.75, 3.05) is 26.2 Å². The van der Waals surface area contributed by atoms with Gasteiger partial charge in [0.1, 0.15) is 5.82 Å². The van der Waals surface area contributed by atoms with Crippen LogP contribution in [0.3, 0.4) is 0 Å². The number of nitrogens with one attached hydrogen (secondary N) is 2. The topological polar surface area (TPSA) is 89.3 Å². The first-order valence-electron chi connectivity index (χ1n) is 8.71. The number of piperazine rings is 1. The van der Waals surface area contributed by atoms with Crippen molar-refractivity contribution in [3.8, 4) is 0 Å². The molecule has 1 aliphatic rings. The molecular formula is C18H18ClFN4O3S. The summed E-state index contributed by atoms with van der Waals surface area (Å²) in [4.78, 5) is 18.8. The van der Waals surface area contributed by atoms with Gasteiger partial charge in [0.05, 0.1) is 15.9 Å². The number of benzene rings is 2. The lowest BCUT2D eigenvalue weighted by molar-refractivity contribution is 0.181. The van der Waals surface area contributed by atoms with E-state index in [1.54, 1.807) is 12.1 Å². The fraction of sp³-hybridized carbons (Fsp3) is 0.278. The molecule has 28 heavy (non-hydrogen) atoms. The molecular weight excluding hydrogens is 407 g/mol. The molecule has 0 bridgehead atoms. The number of hydrogen-bond donors (Lipinski definition) is 2. The van der Waals surface area contributed by atoms with Crippen LogP contribution in [0.2, 0.25) is 5.02 Å². The summed E-state index contributed by atoms with van der Waals surface area (Å²) in [7, 11) is -3.66. The first kappa shape index (κ1) is 19.1. The number of nitrogens with zero attached hydrogens (tertiary/aromatic N) is 2. The van der Waals surface area contributed by atoms with Crippen LogP contribution >= 0.6 is 11.6 Å². The Kier molecular flexibility index (Phi) is 5.00. The molecule has 0 aliphatic carbocycles. The number of fused-ring (bicyclic) bond motifs is 1. The molecule has 0 radical (unpaired) electrons. The molecule has 2 heterocycles. The summed E-state index contributed by atoms with van der Waals surface area (Å²) in [6, 6.07) is 8.82. The lowest BCUT2D eigenvalue weighted by Gasteiger charge is -2.34. The van der Waals surface area contributed by atoms with E-state index in [9.17, 15) is 17.6 Å². The Labute approximate surface area is 165 Å². The van der Waals surface area contributed by atoms with Crippen LogP contribution < -0.4 is 5.69 Å². The first-order valence-corrected chi connectivity index (χ1v) is 10.5. The molecule has 4 rings (SSSR count). The van der Waals surface area contributed by atoms with Gasteiger partial charge in [-0.2, -0.15) is 4.31 Å². The molecule has 10 heteroatoms. The summed E-state index contributed by atoms with van der Waals surface area (Å²) in [5.74, 6) is -0.384. The highest BCUT2D eigenvalue weighted by Crippen LogP contribution is 2.23. The summed E-state index contributed by atoms with van der Waals surface area (Å²) in [5, 5.41) is 0.365. The van der Waals surface area contributed by atoms with Crippen molar-refractivity contribution in [2.45, 2.75) is 11.4 Å². The predicted molar refractivity (Wildman–Crippen MR) is 104 cm³/mol. The molecule has 0 saturated carbocycles. The van der Waals surface area contributed by atoms with E-state index < -0.39 is 10.0 Å². The van der Waals surface area contributed by atoms with E-state index in [1.165, 1.54) is 28.6 Å². The smallest absolute Gasteiger partial charge is 0.306 e. The van der Waals surface area contributed by atoms with Gasteiger partial charge in [0.15, 0.2) is 0 Å². The number of rotatable bonds is 4. The van der Waals surface area contributed by atoms with Crippen LogP contribution in [0.25, 0.3) is 11.0 Å². The van der Waals surface area contributed by atoms with Crippen LogP contribution in [0.4, 0.5) is 4.39 Å². The molecule has 0 spiro atoms. The molecule has 2 aromatic carbocycles. The Balaban J connectivity index is 1.46. The van der Waals surface area contributed by atoms with Crippen LogP contribution in [-0.2, 0) is 16.6 Å². The maximum absolute atomic E-state index is 13.2. The van der Waals surface area contributed by atoms with Crippen molar-refractivity contribution in [3.63, 3.8) is 0 Å². The van der Waals surface area contributed by atoms with Gasteiger partial charge in [-0.05, 0) is 35.9 Å². The van der Waals surface area contributed by atoms with Gasteiger partial charge < -0.3 is 9.97 Å². The van der Waals surface area contributed by atoms with Crippen molar-refractivity contribution >= 4 is 32.7 Å². The van der Waals surface area contributed by atoms with Gasteiger partial charge in [0.25, 0.3) is 0 Å². The number of hydrogen-bond acceptors (Lipinski definition) is 4. The van der Waals surface area contributed by atoms with Gasteiger partial charge in [-0.3, -0.25) is 4.90 Å². The van der Waals surface area contributed by atoms with E-state index in [4.69, 9.17) is 11.6 Å². The highest BCUT2D eigenvalue weighted by Gasteiger charge is 2.29. The number of aromatic amines is 2. The standard InChI is InChI=1S/C18H18ClFN4O3S/c19-15-9-13(20)2-1-12(15)11-23-5-7-24(8-6-23)28(26,27)14-3-4-16-17(10-14)22-18(25)21-16/h1-4,9-10H,5-8,11H2,(H2,21,22,25). The monoisotopic (exact) mass is 424 g/mol. The van der Waals surface area contributed by atoms with Crippen molar-refractivity contribution in [3.05, 3.63) is 63.3 Å². The van der Waals surface area contributed by atoms with Crippen LogP contribution in [-0.4, -0.2) is 53.8 Å². The van der Waals surface area contributed by atoms with Crippen LogP contribution in [0.5, 0.6) is 0 Å². The van der Waals surface area contributed by atoms with Crippen LogP contribution in [0.1, 0.15) is 5.56 Å². The van der Waals surface area contributed by atoms with Crippen molar-refractivity contribution in [1.29, 1.82) is 0 Å². The zero-order chi connectivity index (χ0) is 19.9. The molecule has 1 saturated heterocycles. The fourth-order valence-corrected chi connectivity index (χ4v) is 5.02. The molecule has 2 N–H and O–H groups in total. The van der Waals surface area contributed by atoms with Gasteiger partial charge in [0.2, 0.25) is 10.0 Å². The zero-order valence-electron chi connectivity index (χ0n) is 14.8. The molecule has 0 amide bonds. The number of sulfonamides is 1. The second-order valence-corrected chi connectivity index (χ2v) is 9.05. The second-order valence-electron chi connectivity index (χ2n) is 6.70. The predicted octanol–water partition coefficient (Wildman–Crippen LogP) is 2.16. The quantitative estimate of drug-likeness (QED) is 0.671. The highest BCUT2D eigenvalue weighted by molar-refractivity contribution is 7.89. The number of halogens is 2. The minimum atomic E-state index is -3.66. The molecule has 0 unspecified atom stereocenters. The largest absolute Gasteiger partial charge is 0.323 e. The third kappa shape index (κ3) is 3.70. The lowest BCUT2D eigenvalue weighted by Crippen LogP contribution is -2.48. The van der Waals surface area contributed by atoms with E-state index >= 15 is 0 Å². The van der Waals surface area contributed by atoms with Crippen molar-refractivity contribution < 1.29 is 12.8 Å². The molecule has 7 nitrogen and oxygen atoms in total. The Hall–Kier alpha value is -2.20. The highest BCUT2D eigenvalue weighted by atomic mass is 35.5. The van der Waals surface area contributed by atoms with Gasteiger partial charge in [-0.1, -0.05) is 17.7 Å². The Bertz CT molecular complexity index is 1180. The van der Waals surface area contributed by atoms with E-state index in [0.29, 0.717) is 48.8 Å². The average Bonchev–Trinajstić information content (AvgIpc) is 3.03. The molecule has 148 valence electrons. The van der Waals surface area contributed by atoms with Crippen LogP contribution in [0.15, 0.2) is 46.1 Å². The van der Waals surface area contributed by atoms with E-state index in [-0.39, 0.29) is 16.4 Å². The van der Waals surface area contributed by atoms with Crippen LogP contribution in [0, 0.1) is 5.82 Å². The van der Waals surface area contributed by atoms with Gasteiger partial charge in [-0.25, -0.2) is 17.6 Å². The second kappa shape index (κ2) is 7.32. The summed E-state index contributed by atoms with van der Waals surface area (Å²) in [6.07, 6.45) is 0. The van der Waals surface area contributed by atoms with E-state index in [0.717, 1.165) is 5.56 Å². The molecule has 3 aromatic rings. The maximum atomic E-state index is 13.2. The molecule has 0 atom stereocenters. The normalized spacial score (nSPS) is 16.6. The summed E-state index contributed by atoms with van der Waals surface area (Å²) < 4.78 is 40.5. The first-order chi connectivity index (χ1) is 13.3. The van der Waals surface area contributed by atoms with Gasteiger partial charge in [-0.15, -0.1) is 0 Å². The summed E-state index contributed by atoms with van der Waals surface area (Å²) in [5.41, 5.74) is 1.44. The molecule has 1 fully saturated rings. The maximum Gasteiger partial charge on any atom is 0.323 e. The zero-order valence-corrected chi connectivity index (χ0v) is 16.4. The summed E-state index contributed by atoms with van der Waals surface area (Å²) >= 11 is 6.08. The van der Waals surface area contributed by atoms with Gasteiger partial charge in [0, 0.05) is 37.7 Å². The van der Waals surface area contributed by atoms with Crippen molar-refractivity contribution in [2.24, 2.45) is 0 Å². The third-order valence-electron chi connectivity index (χ3n) is 4.87. The lowest BCUT2D eigenvalue weighted by atomic mass is 10.2. The minimum Gasteiger partial charge on any atom is -0.306 e. The minimum absolute atomic E-state index is 0.144. The number of aromatic nitrogens is 2. The fourth-order valence-electron chi connectivity index (χ4n) is 3.34. The number of imidazole rings is 1. The Morgan fingerprint density at radius 1 is 1.00 bits per heavy atom. The van der Waals surface area contributed by atoms with Crippen molar-refractivity contribution in [1.82, 2.24) is 19.2 Å². The third-order valence-corrected chi connectivity index (χ3v) is 7.11. The number of H-pyrrole nitrogens is 2.